The standard InChI is InChI=1S/C26H27ClN2O5S/c1-33-21-10-7-19(25(15-21)34-2)17-28-26(30)16-24-23-6-4-3-5-18(23)13-14-29(24)35(31,32)22-11-8-20(27)9-12-22/h3-12,15,24H,13-14,16-17H2,1-2H3,(H,28,30). The van der Waals surface area contributed by atoms with E-state index >= 15 is 0 Å². The number of nitrogens with zero attached hydrogens (tertiary/aromatic N) is 1. The number of amides is 1. The number of rotatable bonds is 8. The molecule has 3 aromatic carbocycles. The number of carbonyl (C=O) groups is 1. The molecular formula is C26H27ClN2O5S. The van der Waals surface area contributed by atoms with Crippen molar-refractivity contribution >= 4 is 27.5 Å². The van der Waals surface area contributed by atoms with Gasteiger partial charge in [-0.1, -0.05) is 35.9 Å². The maximum Gasteiger partial charge on any atom is 0.243 e. The predicted octanol–water partition coefficient (Wildman–Crippen LogP) is 4.35. The molecule has 4 rings (SSSR count). The van der Waals surface area contributed by atoms with Crippen LogP contribution < -0.4 is 14.8 Å². The molecule has 9 heteroatoms. The molecule has 1 amide bonds. The number of halogens is 1. The SMILES string of the molecule is COc1ccc(CNC(=O)CC2c3ccccc3CCN2S(=O)(=O)c2ccc(Cl)cc2)c(OC)c1. The molecule has 1 N–H and O–H groups in total. The van der Waals surface area contributed by atoms with Crippen molar-refractivity contribution in [2.24, 2.45) is 0 Å². The van der Waals surface area contributed by atoms with Gasteiger partial charge in [-0.15, -0.1) is 0 Å². The summed E-state index contributed by atoms with van der Waals surface area (Å²) in [5.74, 6) is 0.985. The van der Waals surface area contributed by atoms with Crippen LogP contribution in [0.1, 0.15) is 29.2 Å². The van der Waals surface area contributed by atoms with E-state index in [1.54, 1.807) is 38.5 Å². The first kappa shape index (κ1) is 25.0. The van der Waals surface area contributed by atoms with Crippen molar-refractivity contribution in [1.29, 1.82) is 0 Å². The van der Waals surface area contributed by atoms with Crippen LogP contribution in [-0.4, -0.2) is 39.4 Å². The average Bonchev–Trinajstić information content (AvgIpc) is 2.87. The van der Waals surface area contributed by atoms with Crippen molar-refractivity contribution < 1.29 is 22.7 Å². The molecule has 1 aliphatic heterocycles. The summed E-state index contributed by atoms with van der Waals surface area (Å²) in [6, 6.07) is 18.5. The van der Waals surface area contributed by atoms with Gasteiger partial charge in [-0.25, -0.2) is 8.42 Å². The lowest BCUT2D eigenvalue weighted by Gasteiger charge is -2.36. The lowest BCUT2D eigenvalue weighted by atomic mass is 9.92. The summed E-state index contributed by atoms with van der Waals surface area (Å²) in [6.45, 7) is 0.524. The van der Waals surface area contributed by atoms with Gasteiger partial charge in [-0.2, -0.15) is 4.31 Å². The van der Waals surface area contributed by atoms with Crippen molar-refractivity contribution in [1.82, 2.24) is 9.62 Å². The monoisotopic (exact) mass is 514 g/mol. The van der Waals surface area contributed by atoms with Gasteiger partial charge in [-0.3, -0.25) is 4.79 Å². The third-order valence-corrected chi connectivity index (χ3v) is 8.31. The van der Waals surface area contributed by atoms with E-state index in [-0.39, 0.29) is 30.3 Å². The van der Waals surface area contributed by atoms with Crippen LogP contribution in [0.5, 0.6) is 11.5 Å². The Hall–Kier alpha value is -3.07. The molecule has 1 heterocycles. The van der Waals surface area contributed by atoms with Crippen LogP contribution in [0, 0.1) is 0 Å². The highest BCUT2D eigenvalue weighted by atomic mass is 35.5. The van der Waals surface area contributed by atoms with E-state index in [0.29, 0.717) is 22.9 Å². The summed E-state index contributed by atoms with van der Waals surface area (Å²) < 4.78 is 39.1. The Morgan fingerprint density at radius 3 is 2.51 bits per heavy atom. The second-order valence-corrected chi connectivity index (χ2v) is 10.5. The van der Waals surface area contributed by atoms with E-state index in [0.717, 1.165) is 16.7 Å². The third-order valence-electron chi connectivity index (χ3n) is 6.13. The molecule has 1 aliphatic rings. The Morgan fingerprint density at radius 2 is 1.80 bits per heavy atom. The van der Waals surface area contributed by atoms with E-state index in [9.17, 15) is 13.2 Å². The van der Waals surface area contributed by atoms with Gasteiger partial charge in [0.2, 0.25) is 15.9 Å². The highest BCUT2D eigenvalue weighted by molar-refractivity contribution is 7.89. The molecule has 1 unspecified atom stereocenters. The lowest BCUT2D eigenvalue weighted by molar-refractivity contribution is -0.122. The molecular weight excluding hydrogens is 488 g/mol. The minimum Gasteiger partial charge on any atom is -0.497 e. The van der Waals surface area contributed by atoms with E-state index in [2.05, 4.69) is 5.32 Å². The fourth-order valence-corrected chi connectivity index (χ4v) is 6.04. The summed E-state index contributed by atoms with van der Waals surface area (Å²) in [5.41, 5.74) is 2.68. The Bertz CT molecular complexity index is 1310. The molecule has 0 aromatic heterocycles. The normalized spacial score (nSPS) is 15.8. The van der Waals surface area contributed by atoms with Gasteiger partial charge >= 0.3 is 0 Å². The van der Waals surface area contributed by atoms with Gasteiger partial charge in [0.15, 0.2) is 0 Å². The van der Waals surface area contributed by atoms with Gasteiger partial charge < -0.3 is 14.8 Å². The van der Waals surface area contributed by atoms with Crippen LogP contribution in [0.3, 0.4) is 0 Å². The molecule has 0 saturated heterocycles. The zero-order valence-corrected chi connectivity index (χ0v) is 21.1. The minimum atomic E-state index is -3.84. The second kappa shape index (κ2) is 10.7. The number of ether oxygens (including phenoxy) is 2. The molecule has 35 heavy (non-hydrogen) atoms. The number of sulfonamides is 1. The molecule has 0 aliphatic carbocycles. The van der Waals surface area contributed by atoms with Gasteiger partial charge in [0, 0.05) is 36.2 Å². The molecule has 3 aromatic rings. The number of carbonyl (C=O) groups excluding carboxylic acids is 1. The number of hydrogen-bond donors (Lipinski definition) is 1. The van der Waals surface area contributed by atoms with Crippen molar-refractivity contribution in [3.63, 3.8) is 0 Å². The van der Waals surface area contributed by atoms with Crippen molar-refractivity contribution in [2.45, 2.75) is 30.3 Å². The minimum absolute atomic E-state index is 0.0116. The zero-order chi connectivity index (χ0) is 25.0. The first-order valence-electron chi connectivity index (χ1n) is 11.2. The van der Waals surface area contributed by atoms with Crippen LogP contribution in [0.25, 0.3) is 0 Å². The Morgan fingerprint density at radius 1 is 1.06 bits per heavy atom. The maximum absolute atomic E-state index is 13.5. The van der Waals surface area contributed by atoms with Gasteiger partial charge in [0.1, 0.15) is 11.5 Å². The molecule has 184 valence electrons. The lowest BCUT2D eigenvalue weighted by Crippen LogP contribution is -2.42. The van der Waals surface area contributed by atoms with Crippen molar-refractivity contribution in [2.75, 3.05) is 20.8 Å². The second-order valence-electron chi connectivity index (χ2n) is 8.19. The Kier molecular flexibility index (Phi) is 7.64. The summed E-state index contributed by atoms with van der Waals surface area (Å²) >= 11 is 5.96. The number of methoxy groups -OCH3 is 2. The van der Waals surface area contributed by atoms with Crippen LogP contribution >= 0.6 is 11.6 Å². The van der Waals surface area contributed by atoms with Crippen molar-refractivity contribution in [3.05, 3.63) is 88.4 Å². The number of fused-ring (bicyclic) bond motifs is 1. The molecule has 0 fully saturated rings. The van der Waals surface area contributed by atoms with Crippen LogP contribution in [0.4, 0.5) is 0 Å². The van der Waals surface area contributed by atoms with Crippen LogP contribution in [0.2, 0.25) is 5.02 Å². The number of hydrogen-bond acceptors (Lipinski definition) is 5. The fraction of sp³-hybridized carbons (Fsp3) is 0.269. The Labute approximate surface area is 210 Å². The zero-order valence-electron chi connectivity index (χ0n) is 19.5. The molecule has 7 nitrogen and oxygen atoms in total. The third kappa shape index (κ3) is 5.45. The van der Waals surface area contributed by atoms with E-state index in [1.165, 1.54) is 16.4 Å². The summed E-state index contributed by atoms with van der Waals surface area (Å²) in [5, 5.41) is 3.37. The van der Waals surface area contributed by atoms with E-state index in [1.807, 2.05) is 30.3 Å². The topological polar surface area (TPSA) is 84.9 Å². The van der Waals surface area contributed by atoms with Gasteiger partial charge in [0.25, 0.3) is 0 Å². The van der Waals surface area contributed by atoms with Crippen molar-refractivity contribution in [3.8, 4) is 11.5 Å². The fourth-order valence-electron chi connectivity index (χ4n) is 4.31. The average molecular weight is 515 g/mol. The highest BCUT2D eigenvalue weighted by Gasteiger charge is 2.37. The quantitative estimate of drug-likeness (QED) is 0.483. The maximum atomic E-state index is 13.5. The van der Waals surface area contributed by atoms with E-state index in [4.69, 9.17) is 21.1 Å². The van der Waals surface area contributed by atoms with Gasteiger partial charge in [-0.05, 0) is 53.9 Å². The largest absolute Gasteiger partial charge is 0.497 e. The molecule has 0 bridgehead atoms. The smallest absolute Gasteiger partial charge is 0.243 e. The first-order chi connectivity index (χ1) is 16.8. The summed E-state index contributed by atoms with van der Waals surface area (Å²) in [4.78, 5) is 13.2. The van der Waals surface area contributed by atoms with Gasteiger partial charge in [0.05, 0.1) is 25.2 Å². The van der Waals surface area contributed by atoms with E-state index < -0.39 is 16.1 Å². The summed E-state index contributed by atoms with van der Waals surface area (Å²) in [7, 11) is -0.715. The molecule has 0 spiro atoms. The summed E-state index contributed by atoms with van der Waals surface area (Å²) in [6.07, 6.45) is 0.562. The first-order valence-corrected chi connectivity index (χ1v) is 13.0. The van der Waals surface area contributed by atoms with Crippen LogP contribution in [-0.2, 0) is 27.8 Å². The molecule has 1 atom stereocenters. The number of benzene rings is 3. The van der Waals surface area contributed by atoms with Crippen LogP contribution in [0.15, 0.2) is 71.6 Å². The molecule has 0 radical (unpaired) electrons. The highest BCUT2D eigenvalue weighted by Crippen LogP contribution is 2.36. The number of nitrogens with one attached hydrogen (secondary N) is 1. The molecule has 0 saturated carbocycles. The predicted molar refractivity (Wildman–Crippen MR) is 134 cm³/mol. The Balaban J connectivity index is 1.57.